The molecule has 2 aromatic carbocycles. The van der Waals surface area contributed by atoms with E-state index in [4.69, 9.17) is 18.9 Å². The van der Waals surface area contributed by atoms with Crippen LogP contribution in [-0.4, -0.2) is 62.2 Å². The number of nitrogens with one attached hydrogen (secondary N) is 1. The topological polar surface area (TPSA) is 113 Å². The molecule has 9 nitrogen and oxygen atoms in total. The van der Waals surface area contributed by atoms with Crippen molar-refractivity contribution in [3.8, 4) is 5.75 Å². The van der Waals surface area contributed by atoms with Crippen LogP contribution in [0.5, 0.6) is 5.75 Å². The van der Waals surface area contributed by atoms with Gasteiger partial charge in [-0.25, -0.2) is 14.4 Å². The van der Waals surface area contributed by atoms with Gasteiger partial charge in [-0.2, -0.15) is 0 Å². The van der Waals surface area contributed by atoms with Crippen LogP contribution < -0.4 is 10.1 Å². The molecule has 2 aliphatic rings. The first-order chi connectivity index (χ1) is 20.7. The molecule has 0 bridgehead atoms. The molecule has 0 saturated heterocycles. The second-order valence-electron chi connectivity index (χ2n) is 13.6. The van der Waals surface area contributed by atoms with Gasteiger partial charge in [-0.1, -0.05) is 62.1 Å². The zero-order valence-electron chi connectivity index (χ0n) is 26.6. The molecule has 1 unspecified atom stereocenters. The van der Waals surface area contributed by atoms with Crippen LogP contribution in [0.15, 0.2) is 65.7 Å². The second kappa shape index (κ2) is 13.4. The maximum absolute atomic E-state index is 13.8. The number of aryl methyl sites for hydroxylation is 1. The number of benzene rings is 2. The van der Waals surface area contributed by atoms with Gasteiger partial charge in [0.1, 0.15) is 23.5 Å². The summed E-state index contributed by atoms with van der Waals surface area (Å²) >= 11 is 0. The van der Waals surface area contributed by atoms with Crippen LogP contribution in [0.2, 0.25) is 25.7 Å². The molecule has 0 radical (unpaired) electrons. The van der Waals surface area contributed by atoms with E-state index in [0.29, 0.717) is 24.2 Å². The van der Waals surface area contributed by atoms with E-state index >= 15 is 0 Å². The van der Waals surface area contributed by atoms with Gasteiger partial charge in [-0.3, -0.25) is 4.99 Å². The zero-order valence-corrected chi connectivity index (χ0v) is 27.6. The fourth-order valence-electron chi connectivity index (χ4n) is 5.06. The number of carbonyl (C=O) groups excluding carboxylic acids is 3. The Balaban J connectivity index is 1.63. The van der Waals surface area contributed by atoms with Gasteiger partial charge in [0.2, 0.25) is 5.60 Å². The Morgan fingerprint density at radius 3 is 2.39 bits per heavy atom. The highest BCUT2D eigenvalue weighted by Gasteiger charge is 2.48. The quantitative estimate of drug-likeness (QED) is 0.202. The highest BCUT2D eigenvalue weighted by Crippen LogP contribution is 2.38. The van der Waals surface area contributed by atoms with Crippen molar-refractivity contribution in [2.45, 2.75) is 89.1 Å². The summed E-state index contributed by atoms with van der Waals surface area (Å²) in [5, 5.41) is 2.88. The van der Waals surface area contributed by atoms with Crippen molar-refractivity contribution in [1.82, 2.24) is 5.32 Å². The molecular formula is C34H44N2O7Si. The Hall–Kier alpha value is -3.92. The van der Waals surface area contributed by atoms with Gasteiger partial charge >= 0.3 is 18.0 Å². The highest BCUT2D eigenvalue weighted by molar-refractivity contribution is 6.76. The van der Waals surface area contributed by atoms with Crippen molar-refractivity contribution >= 4 is 32.3 Å². The summed E-state index contributed by atoms with van der Waals surface area (Å²) in [5.41, 5.74) is -1.13. The van der Waals surface area contributed by atoms with Crippen LogP contribution in [0.25, 0.3) is 0 Å². The van der Waals surface area contributed by atoms with E-state index < -0.39 is 42.8 Å². The molecule has 1 heterocycles. The minimum Gasteiger partial charge on any atom is -0.469 e. The van der Waals surface area contributed by atoms with Crippen molar-refractivity contribution in [3.05, 3.63) is 77.4 Å². The van der Waals surface area contributed by atoms with E-state index in [0.717, 1.165) is 17.2 Å². The number of nitrogens with zero attached hydrogens (tertiary/aromatic N) is 1. The van der Waals surface area contributed by atoms with Gasteiger partial charge in [0.15, 0.2) is 0 Å². The summed E-state index contributed by atoms with van der Waals surface area (Å²) in [6.07, 6.45) is 5.09. The van der Waals surface area contributed by atoms with E-state index in [9.17, 15) is 14.4 Å². The number of amides is 1. The number of allylic oxidation sites excluding steroid dienone is 1. The maximum Gasteiger partial charge on any atom is 0.408 e. The number of ether oxygens (including phenoxy) is 4. The SMILES string of the molecule is CC(C)(C)OC(=O)C1(Oc2cccc3c2C[C@](NC(=O)OCc2ccccc2)(C(=O)OCC[Si](C)(C)C)CC3)C=CC=NC1. The lowest BCUT2D eigenvalue weighted by molar-refractivity contribution is -0.169. The molecular weight excluding hydrogens is 576 g/mol. The summed E-state index contributed by atoms with van der Waals surface area (Å²) in [6, 6.07) is 15.7. The molecule has 1 aliphatic heterocycles. The maximum atomic E-state index is 13.8. The van der Waals surface area contributed by atoms with E-state index in [1.807, 2.05) is 42.5 Å². The lowest BCUT2D eigenvalue weighted by Crippen LogP contribution is -2.59. The molecule has 4 rings (SSSR count). The average molecular weight is 621 g/mol. The minimum absolute atomic E-state index is 0.0377. The molecule has 0 fully saturated rings. The van der Waals surface area contributed by atoms with Crippen molar-refractivity contribution in [2.75, 3.05) is 13.2 Å². The summed E-state index contributed by atoms with van der Waals surface area (Å²) < 4.78 is 23.6. The largest absolute Gasteiger partial charge is 0.469 e. The Bertz CT molecular complexity index is 1410. The molecule has 44 heavy (non-hydrogen) atoms. The summed E-state index contributed by atoms with van der Waals surface area (Å²) in [4.78, 5) is 44.8. The van der Waals surface area contributed by atoms with E-state index in [-0.39, 0.29) is 26.2 Å². The van der Waals surface area contributed by atoms with E-state index in [2.05, 4.69) is 30.0 Å². The molecule has 236 valence electrons. The number of dihydropyridines is 1. The first-order valence-corrected chi connectivity index (χ1v) is 18.8. The van der Waals surface area contributed by atoms with Crippen LogP contribution in [0.3, 0.4) is 0 Å². The Morgan fingerprint density at radius 1 is 0.977 bits per heavy atom. The Labute approximate surface area is 261 Å². The Morgan fingerprint density at radius 2 is 1.73 bits per heavy atom. The number of alkyl carbamates (subject to hydrolysis) is 1. The normalized spacial score (nSPS) is 21.1. The van der Waals surface area contributed by atoms with Crippen LogP contribution in [0.4, 0.5) is 4.79 Å². The molecule has 0 spiro atoms. The fourth-order valence-corrected chi connectivity index (χ4v) is 5.77. The molecule has 1 amide bonds. The predicted molar refractivity (Wildman–Crippen MR) is 172 cm³/mol. The number of hydrogen-bond acceptors (Lipinski definition) is 8. The van der Waals surface area contributed by atoms with Gasteiger partial charge in [0.05, 0.1) is 13.2 Å². The molecule has 2 atom stereocenters. The number of rotatable bonds is 10. The van der Waals surface area contributed by atoms with Gasteiger partial charge < -0.3 is 24.3 Å². The third-order valence-corrected chi connectivity index (χ3v) is 9.18. The van der Waals surface area contributed by atoms with Gasteiger partial charge in [0.25, 0.3) is 0 Å². The molecule has 10 heteroatoms. The summed E-state index contributed by atoms with van der Waals surface area (Å²) in [6.45, 7) is 12.4. The predicted octanol–water partition coefficient (Wildman–Crippen LogP) is 5.82. The van der Waals surface area contributed by atoms with Gasteiger partial charge in [-0.15, -0.1) is 0 Å². The van der Waals surface area contributed by atoms with Gasteiger partial charge in [-0.05, 0) is 69.0 Å². The number of esters is 2. The second-order valence-corrected chi connectivity index (χ2v) is 19.2. The minimum atomic E-state index is -1.49. The first-order valence-electron chi connectivity index (χ1n) is 15.1. The number of carbonyl (C=O) groups is 3. The summed E-state index contributed by atoms with van der Waals surface area (Å²) in [5.74, 6) is -0.670. The monoisotopic (exact) mass is 620 g/mol. The third kappa shape index (κ3) is 8.59. The van der Waals surface area contributed by atoms with Crippen molar-refractivity contribution in [1.29, 1.82) is 0 Å². The number of aliphatic imine (C=N–C) groups is 1. The lowest BCUT2D eigenvalue weighted by atomic mass is 9.77. The van der Waals surface area contributed by atoms with Crippen molar-refractivity contribution < 1.29 is 33.3 Å². The standard InChI is InChI=1S/C34H44N2O7Si/c1-32(2,3)43-30(38)34(17-11-19-35-24-34)42-28-15-10-14-26-16-18-33(22-27(26)28,29(37)40-20-21-44(4,5)6)36-31(39)41-23-25-12-8-7-9-13-25/h7-15,17,19H,16,18,20-24H2,1-6H3,(H,36,39)/t33-,34?/m0/s1. The van der Waals surface area contributed by atoms with Gasteiger partial charge in [0, 0.05) is 26.3 Å². The smallest absolute Gasteiger partial charge is 0.408 e. The zero-order chi connectivity index (χ0) is 32.0. The molecule has 0 aromatic heterocycles. The van der Waals surface area contributed by atoms with Crippen LogP contribution in [0, 0.1) is 0 Å². The van der Waals surface area contributed by atoms with Crippen LogP contribution >= 0.6 is 0 Å². The lowest BCUT2D eigenvalue weighted by Gasteiger charge is -2.38. The summed E-state index contributed by atoms with van der Waals surface area (Å²) in [7, 11) is -1.48. The van der Waals surface area contributed by atoms with Crippen LogP contribution in [-0.2, 0) is 43.2 Å². The van der Waals surface area contributed by atoms with Crippen molar-refractivity contribution in [3.63, 3.8) is 0 Å². The van der Waals surface area contributed by atoms with E-state index in [1.165, 1.54) is 0 Å². The van der Waals surface area contributed by atoms with Crippen molar-refractivity contribution in [2.24, 2.45) is 4.99 Å². The number of fused-ring (bicyclic) bond motifs is 1. The fraction of sp³-hybridized carbons (Fsp3) is 0.471. The first kappa shape index (κ1) is 33.0. The number of hydrogen-bond donors (Lipinski definition) is 1. The highest BCUT2D eigenvalue weighted by atomic mass is 28.3. The molecule has 1 N–H and O–H groups in total. The molecule has 1 aliphatic carbocycles. The average Bonchev–Trinajstić information content (AvgIpc) is 2.96. The van der Waals surface area contributed by atoms with E-state index in [1.54, 1.807) is 45.2 Å². The Kier molecular flexibility index (Phi) is 10.0. The molecule has 2 aromatic rings. The third-order valence-electron chi connectivity index (χ3n) is 7.48. The van der Waals surface area contributed by atoms with Crippen LogP contribution in [0.1, 0.15) is 43.9 Å². The molecule has 0 saturated carbocycles.